The first-order chi connectivity index (χ1) is 12.8. The summed E-state index contributed by atoms with van der Waals surface area (Å²) >= 11 is 0. The first kappa shape index (κ1) is 20.3. The van der Waals surface area contributed by atoms with E-state index in [0.29, 0.717) is 11.1 Å². The van der Waals surface area contributed by atoms with Crippen molar-refractivity contribution in [2.75, 3.05) is 0 Å². The zero-order chi connectivity index (χ0) is 19.5. The maximum atomic E-state index is 14.0. The average Bonchev–Trinajstić information content (AvgIpc) is 2.62. The van der Waals surface area contributed by atoms with Crippen molar-refractivity contribution in [1.29, 1.82) is 0 Å². The van der Waals surface area contributed by atoms with Gasteiger partial charge >= 0.3 is 6.36 Å². The fraction of sp³-hybridized carbons (Fsp3) is 0.524. The summed E-state index contributed by atoms with van der Waals surface area (Å²) in [6, 6.07) is 9.76. The minimum Gasteiger partial charge on any atom is -0.280 e. The van der Waals surface area contributed by atoms with E-state index >= 15 is 0 Å². The Kier molecular flexibility index (Phi) is 6.26. The lowest BCUT2D eigenvalue weighted by molar-refractivity contribution is -0.366. The Morgan fingerprint density at radius 1 is 1.19 bits per heavy atom. The molecule has 0 N–H and O–H groups in total. The van der Waals surface area contributed by atoms with Gasteiger partial charge in [0.05, 0.1) is 0 Å². The first-order valence-corrected chi connectivity index (χ1v) is 12.2. The maximum absolute atomic E-state index is 14.0. The minimum absolute atomic E-state index is 0.122. The number of hydrogen-bond acceptors (Lipinski definition) is 1. The molecule has 0 saturated carbocycles. The summed E-state index contributed by atoms with van der Waals surface area (Å²) in [6.07, 6.45) is 3.01. The zero-order valence-corrected chi connectivity index (χ0v) is 16.7. The van der Waals surface area contributed by atoms with Crippen molar-refractivity contribution < 1.29 is 22.3 Å². The second-order valence-corrected chi connectivity index (χ2v) is 11.1. The van der Waals surface area contributed by atoms with E-state index in [2.05, 4.69) is 6.92 Å². The van der Waals surface area contributed by atoms with Crippen LogP contribution in [0.3, 0.4) is 0 Å². The highest BCUT2D eigenvalue weighted by molar-refractivity contribution is 6.58. The maximum Gasteiger partial charge on any atom is 0.523 e. The van der Waals surface area contributed by atoms with Gasteiger partial charge in [-0.3, -0.25) is 4.74 Å². The van der Waals surface area contributed by atoms with Gasteiger partial charge in [-0.15, -0.1) is 13.2 Å². The van der Waals surface area contributed by atoms with Crippen molar-refractivity contribution in [3.05, 3.63) is 53.9 Å². The molecule has 0 aromatic heterocycles. The Hall–Kier alpha value is -1.40. The lowest BCUT2D eigenvalue weighted by Gasteiger charge is -2.43. The molecule has 0 spiro atoms. The monoisotopic (exact) mass is 398 g/mol. The van der Waals surface area contributed by atoms with Crippen LogP contribution in [0, 0.1) is 11.7 Å². The fourth-order valence-electron chi connectivity index (χ4n) is 4.56. The molecule has 0 radical (unpaired) electrons. The molecule has 0 amide bonds. The van der Waals surface area contributed by atoms with Crippen LogP contribution in [-0.4, -0.2) is 20.8 Å². The van der Waals surface area contributed by atoms with E-state index in [1.54, 1.807) is 30.4 Å². The second-order valence-electron chi connectivity index (χ2n) is 7.69. The van der Waals surface area contributed by atoms with Crippen molar-refractivity contribution in [2.24, 2.45) is 5.92 Å². The van der Waals surface area contributed by atoms with Gasteiger partial charge in [0.25, 0.3) is 0 Å². The van der Waals surface area contributed by atoms with E-state index in [9.17, 15) is 17.6 Å². The number of allylic oxidation sites excluding steroid dienone is 2. The Labute approximate surface area is 159 Å². The highest BCUT2D eigenvalue weighted by Gasteiger charge is 2.48. The molecular formula is C21H26F4OSi. The molecule has 1 saturated heterocycles. The molecular weight excluding hydrogens is 372 g/mol. The Morgan fingerprint density at radius 2 is 1.89 bits per heavy atom. The van der Waals surface area contributed by atoms with Gasteiger partial charge in [-0.1, -0.05) is 67.9 Å². The smallest absolute Gasteiger partial charge is 0.280 e. The molecule has 1 nitrogen and oxygen atoms in total. The molecule has 1 fully saturated rings. The summed E-state index contributed by atoms with van der Waals surface area (Å²) in [5, 5.41) is 0. The van der Waals surface area contributed by atoms with E-state index < -0.39 is 20.8 Å². The van der Waals surface area contributed by atoms with Crippen LogP contribution < -0.4 is 0 Å². The fourth-order valence-corrected chi connectivity index (χ4v) is 7.99. The van der Waals surface area contributed by atoms with Gasteiger partial charge in [0, 0.05) is 14.4 Å². The molecule has 1 atom stereocenters. The lowest BCUT2D eigenvalue weighted by Crippen LogP contribution is -2.45. The Morgan fingerprint density at radius 3 is 2.44 bits per heavy atom. The summed E-state index contributed by atoms with van der Waals surface area (Å²) in [4.78, 5) is 0. The van der Waals surface area contributed by atoms with Gasteiger partial charge in [0.1, 0.15) is 11.4 Å². The van der Waals surface area contributed by atoms with Crippen LogP contribution in [0.15, 0.2) is 42.5 Å². The molecule has 0 bridgehead atoms. The van der Waals surface area contributed by atoms with Gasteiger partial charge in [-0.2, -0.15) is 0 Å². The van der Waals surface area contributed by atoms with E-state index in [0.717, 1.165) is 24.9 Å². The predicted molar refractivity (Wildman–Crippen MR) is 103 cm³/mol. The number of hydrogen-bond donors (Lipinski definition) is 0. The van der Waals surface area contributed by atoms with Gasteiger partial charge in [-0.05, 0) is 36.8 Å². The van der Waals surface area contributed by atoms with E-state index in [1.807, 2.05) is 0 Å². The summed E-state index contributed by atoms with van der Waals surface area (Å²) in [7, 11) is -0.797. The lowest BCUT2D eigenvalue weighted by atomic mass is 9.76. The number of benzene rings is 1. The molecule has 2 aliphatic rings. The average molecular weight is 399 g/mol. The first-order valence-electron chi connectivity index (χ1n) is 9.74. The van der Waals surface area contributed by atoms with Crippen LogP contribution in [-0.2, 0) is 4.74 Å². The van der Waals surface area contributed by atoms with Crippen LogP contribution in [0.1, 0.15) is 38.2 Å². The molecule has 148 valence electrons. The molecule has 1 aromatic carbocycles. The zero-order valence-electron chi connectivity index (χ0n) is 15.6. The highest BCUT2D eigenvalue weighted by Crippen LogP contribution is 2.45. The quantitative estimate of drug-likeness (QED) is 0.407. The second kappa shape index (κ2) is 8.31. The Bertz CT molecular complexity index is 704. The molecule has 27 heavy (non-hydrogen) atoms. The molecule has 1 aliphatic carbocycles. The van der Waals surface area contributed by atoms with Crippen molar-refractivity contribution in [2.45, 2.75) is 62.7 Å². The van der Waals surface area contributed by atoms with Crippen LogP contribution in [0.4, 0.5) is 17.6 Å². The third kappa shape index (κ3) is 4.91. The third-order valence-corrected chi connectivity index (χ3v) is 9.60. The Balaban J connectivity index is 1.80. The van der Waals surface area contributed by atoms with E-state index in [-0.39, 0.29) is 18.2 Å². The van der Waals surface area contributed by atoms with Crippen LogP contribution in [0.5, 0.6) is 0 Å². The number of halogens is 4. The van der Waals surface area contributed by atoms with Gasteiger partial charge in [0.2, 0.25) is 0 Å². The number of ether oxygens (including phenoxy) is 1. The SMILES string of the molecule is CCC[Si@H]1CC[C@H](C2(OC(F)(F)F)C=CC(c3ccccc3F)=CC2)CC1. The highest BCUT2D eigenvalue weighted by atomic mass is 28.3. The molecule has 6 heteroatoms. The molecule has 1 aliphatic heterocycles. The predicted octanol–water partition coefficient (Wildman–Crippen LogP) is 6.49. The van der Waals surface area contributed by atoms with E-state index in [1.165, 1.54) is 24.6 Å². The summed E-state index contributed by atoms with van der Waals surface area (Å²) in [6.45, 7) is 2.17. The van der Waals surface area contributed by atoms with Crippen molar-refractivity contribution in [1.82, 2.24) is 0 Å². The topological polar surface area (TPSA) is 9.23 Å². The number of alkyl halides is 3. The normalized spacial score (nSPS) is 28.9. The van der Waals surface area contributed by atoms with Crippen LogP contribution in [0.25, 0.3) is 5.57 Å². The minimum atomic E-state index is -4.69. The molecule has 1 aromatic rings. The van der Waals surface area contributed by atoms with Crippen molar-refractivity contribution in [3.8, 4) is 0 Å². The van der Waals surface area contributed by atoms with Crippen molar-refractivity contribution >= 4 is 14.4 Å². The van der Waals surface area contributed by atoms with Crippen LogP contribution >= 0.6 is 0 Å². The van der Waals surface area contributed by atoms with Gasteiger partial charge in [-0.25, -0.2) is 4.39 Å². The number of rotatable bonds is 5. The molecule has 1 unspecified atom stereocenters. The van der Waals surface area contributed by atoms with Gasteiger partial charge in [0.15, 0.2) is 0 Å². The molecule has 3 rings (SSSR count). The van der Waals surface area contributed by atoms with Crippen molar-refractivity contribution in [3.63, 3.8) is 0 Å². The molecule has 1 heterocycles. The van der Waals surface area contributed by atoms with Gasteiger partial charge < -0.3 is 0 Å². The van der Waals surface area contributed by atoms with Crippen LogP contribution in [0.2, 0.25) is 18.1 Å². The third-order valence-electron chi connectivity index (χ3n) is 5.91. The standard InChI is InChI=1S/C21H26F4OSi/c1-2-13-27-14-9-17(10-15-27)20(26-21(23,24)25)11-7-16(8-12-20)18-5-3-4-6-19(18)22/h3-8,11,17,27H,2,9-10,12-15H2,1H3/t17-,20?,27-. The summed E-state index contributed by atoms with van der Waals surface area (Å²) < 4.78 is 58.3. The summed E-state index contributed by atoms with van der Waals surface area (Å²) in [5.41, 5.74) is -0.338. The van der Waals surface area contributed by atoms with E-state index in [4.69, 9.17) is 4.74 Å². The summed E-state index contributed by atoms with van der Waals surface area (Å²) in [5.74, 6) is -0.516. The largest absolute Gasteiger partial charge is 0.523 e.